The van der Waals surface area contributed by atoms with Crippen molar-refractivity contribution in [3.63, 3.8) is 0 Å². The van der Waals surface area contributed by atoms with Crippen LogP contribution in [0.4, 0.5) is 9.59 Å². The summed E-state index contributed by atoms with van der Waals surface area (Å²) >= 11 is 6.30. The maximum atomic E-state index is 13.9. The van der Waals surface area contributed by atoms with Crippen molar-refractivity contribution < 1.29 is 37.1 Å². The predicted molar refractivity (Wildman–Crippen MR) is 159 cm³/mol. The molecule has 4 atom stereocenters. The molecule has 4 fully saturated rings. The summed E-state index contributed by atoms with van der Waals surface area (Å²) < 4.78 is 38.4. The van der Waals surface area contributed by atoms with Crippen molar-refractivity contribution in [2.75, 3.05) is 6.54 Å². The first kappa shape index (κ1) is 30.9. The standard InChI is InChI=1S/C30H39ClN4O8S/c1-28(2,3)43-27(39)35-15-19(42-26(38)34-14-18-6-5-7-22(31)20(18)16-34)12-23(35)24(36)32-30(13-21(30)17-8-9-17)25(37)33-44(40,41)29(4)10-11-29/h5-7,17,19,21,23H,8-16H2,1-4H3,(H,32,36)(H,33,37)/t19-,21+,23+,30-/m1/s1. The molecule has 0 aromatic heterocycles. The molecule has 4 amide bonds. The van der Waals surface area contributed by atoms with Gasteiger partial charge in [-0.25, -0.2) is 18.0 Å². The fraction of sp³-hybridized carbons (Fsp3) is 0.667. The molecule has 0 radical (unpaired) electrons. The van der Waals surface area contributed by atoms with Crippen LogP contribution in [0.15, 0.2) is 18.2 Å². The Balaban J connectivity index is 1.17. The lowest BCUT2D eigenvalue weighted by molar-refractivity contribution is -0.132. The Bertz CT molecular complexity index is 1520. The molecule has 14 heteroatoms. The lowest BCUT2D eigenvalue weighted by Gasteiger charge is -2.29. The van der Waals surface area contributed by atoms with Crippen molar-refractivity contribution in [3.8, 4) is 0 Å². The molecule has 2 aliphatic heterocycles. The molecule has 5 aliphatic rings. The van der Waals surface area contributed by atoms with Gasteiger partial charge in [0, 0.05) is 18.0 Å². The molecule has 1 aromatic rings. The summed E-state index contributed by atoms with van der Waals surface area (Å²) in [5.74, 6) is -1.34. The molecule has 0 unspecified atom stereocenters. The maximum absolute atomic E-state index is 13.9. The summed E-state index contributed by atoms with van der Waals surface area (Å²) in [6.45, 7) is 7.22. The van der Waals surface area contributed by atoms with Crippen LogP contribution in [0.25, 0.3) is 0 Å². The lowest BCUT2D eigenvalue weighted by Crippen LogP contribution is -2.57. The van der Waals surface area contributed by atoms with Gasteiger partial charge in [-0.1, -0.05) is 23.7 Å². The molecule has 1 saturated heterocycles. The second kappa shape index (κ2) is 10.5. The zero-order valence-electron chi connectivity index (χ0n) is 25.4. The van der Waals surface area contributed by atoms with E-state index in [1.165, 1.54) is 9.80 Å². The summed E-state index contributed by atoms with van der Waals surface area (Å²) in [7, 11) is -3.92. The third kappa shape index (κ3) is 5.84. The van der Waals surface area contributed by atoms with Crippen molar-refractivity contribution in [2.45, 2.75) is 107 Å². The summed E-state index contributed by atoms with van der Waals surface area (Å²) in [6, 6.07) is 4.37. The number of likely N-dealkylation sites (tertiary alicyclic amines) is 1. The van der Waals surface area contributed by atoms with E-state index in [1.807, 2.05) is 12.1 Å². The molecule has 0 bridgehead atoms. The highest BCUT2D eigenvalue weighted by atomic mass is 35.5. The van der Waals surface area contributed by atoms with Crippen LogP contribution < -0.4 is 10.0 Å². The van der Waals surface area contributed by atoms with Crippen LogP contribution in [0.1, 0.15) is 77.3 Å². The van der Waals surface area contributed by atoms with Gasteiger partial charge in [0.05, 0.1) is 17.8 Å². The van der Waals surface area contributed by atoms with Gasteiger partial charge in [0.1, 0.15) is 23.3 Å². The number of hydrogen-bond donors (Lipinski definition) is 2. The summed E-state index contributed by atoms with van der Waals surface area (Å²) in [6.07, 6.45) is 0.858. The Kier molecular flexibility index (Phi) is 7.39. The van der Waals surface area contributed by atoms with Crippen LogP contribution in [0.5, 0.6) is 0 Å². The molecule has 3 saturated carbocycles. The van der Waals surface area contributed by atoms with Crippen molar-refractivity contribution in [1.82, 2.24) is 19.8 Å². The minimum atomic E-state index is -3.92. The number of carbonyl (C=O) groups is 4. The highest BCUT2D eigenvalue weighted by Gasteiger charge is 2.67. The SMILES string of the molecule is CC(C)(C)OC(=O)N1C[C@H](OC(=O)N2Cc3cccc(Cl)c3C2)C[C@H]1C(=O)N[C@]1(C(=O)NS(=O)(=O)C2(C)CC2)C[C@H]1C1CC1. The van der Waals surface area contributed by atoms with Crippen molar-refractivity contribution >= 4 is 45.6 Å². The van der Waals surface area contributed by atoms with Gasteiger partial charge >= 0.3 is 12.2 Å². The fourth-order valence-electron chi connectivity index (χ4n) is 6.28. The molecule has 2 heterocycles. The molecule has 0 spiro atoms. The first-order valence-electron chi connectivity index (χ1n) is 15.1. The van der Waals surface area contributed by atoms with Crippen LogP contribution >= 0.6 is 11.6 Å². The molecule has 12 nitrogen and oxygen atoms in total. The molecule has 1 aromatic carbocycles. The summed E-state index contributed by atoms with van der Waals surface area (Å²) in [5, 5.41) is 3.40. The van der Waals surface area contributed by atoms with Gasteiger partial charge in [-0.2, -0.15) is 0 Å². The minimum absolute atomic E-state index is 0.0134. The zero-order chi connectivity index (χ0) is 31.8. The number of nitrogens with one attached hydrogen (secondary N) is 2. The first-order chi connectivity index (χ1) is 20.5. The quantitative estimate of drug-likeness (QED) is 0.455. The average molecular weight is 651 g/mol. The maximum Gasteiger partial charge on any atom is 0.411 e. The van der Waals surface area contributed by atoms with Crippen molar-refractivity contribution in [1.29, 1.82) is 0 Å². The molecule has 44 heavy (non-hydrogen) atoms. The van der Waals surface area contributed by atoms with Gasteiger partial charge in [-0.15, -0.1) is 0 Å². The van der Waals surface area contributed by atoms with Crippen LogP contribution in [0, 0.1) is 11.8 Å². The topological polar surface area (TPSA) is 151 Å². The van der Waals surface area contributed by atoms with Crippen molar-refractivity contribution in [3.05, 3.63) is 34.3 Å². The molecule has 240 valence electrons. The number of rotatable bonds is 7. The molecule has 6 rings (SSSR count). The van der Waals surface area contributed by atoms with E-state index in [0.29, 0.717) is 30.8 Å². The average Bonchev–Trinajstić information content (AvgIpc) is 3.87. The zero-order valence-corrected chi connectivity index (χ0v) is 26.9. The Morgan fingerprint density at radius 1 is 1.07 bits per heavy atom. The monoisotopic (exact) mass is 650 g/mol. The van der Waals surface area contributed by atoms with Gasteiger partial charge in [-0.3, -0.25) is 24.1 Å². The number of carbonyl (C=O) groups excluding carboxylic acids is 4. The van der Waals surface area contributed by atoms with Gasteiger partial charge in [-0.05, 0) is 88.8 Å². The minimum Gasteiger partial charge on any atom is -0.444 e. The highest BCUT2D eigenvalue weighted by Crippen LogP contribution is 2.57. The van der Waals surface area contributed by atoms with E-state index in [4.69, 9.17) is 21.1 Å². The van der Waals surface area contributed by atoms with Gasteiger partial charge in [0.2, 0.25) is 15.9 Å². The number of benzene rings is 1. The molecule has 2 N–H and O–H groups in total. The van der Waals surface area contributed by atoms with Gasteiger partial charge < -0.3 is 14.8 Å². The van der Waals surface area contributed by atoms with Crippen LogP contribution in [0.2, 0.25) is 5.02 Å². The summed E-state index contributed by atoms with van der Waals surface area (Å²) in [5.41, 5.74) is -0.466. The molecule has 3 aliphatic carbocycles. The third-order valence-corrected chi connectivity index (χ3v) is 11.9. The van der Waals surface area contributed by atoms with E-state index in [9.17, 15) is 27.6 Å². The predicted octanol–water partition coefficient (Wildman–Crippen LogP) is 3.45. The van der Waals surface area contributed by atoms with Gasteiger partial charge in [0.25, 0.3) is 5.91 Å². The lowest BCUT2D eigenvalue weighted by atomic mass is 10.1. The van der Waals surface area contributed by atoms with Crippen LogP contribution in [-0.4, -0.2) is 76.8 Å². The Morgan fingerprint density at radius 3 is 2.39 bits per heavy atom. The van der Waals surface area contributed by atoms with E-state index in [-0.39, 0.29) is 31.3 Å². The second-order valence-corrected chi connectivity index (χ2v) is 16.7. The fourth-order valence-corrected chi connectivity index (χ4v) is 7.85. The number of nitrogens with zero attached hydrogens (tertiary/aromatic N) is 2. The van der Waals surface area contributed by atoms with Crippen LogP contribution in [-0.2, 0) is 42.2 Å². The van der Waals surface area contributed by atoms with Gasteiger partial charge in [0.15, 0.2) is 0 Å². The van der Waals surface area contributed by atoms with Crippen molar-refractivity contribution in [2.24, 2.45) is 11.8 Å². The Hall–Kier alpha value is -3.06. The normalized spacial score (nSPS) is 28.6. The number of sulfonamides is 1. The van der Waals surface area contributed by atoms with E-state index in [1.54, 1.807) is 33.8 Å². The Morgan fingerprint density at radius 2 is 1.77 bits per heavy atom. The second-order valence-electron chi connectivity index (χ2n) is 14.1. The van der Waals surface area contributed by atoms with Crippen LogP contribution in [0.3, 0.4) is 0 Å². The molecular formula is C30H39ClN4O8S. The van der Waals surface area contributed by atoms with E-state index in [2.05, 4.69) is 10.0 Å². The Labute approximate surface area is 262 Å². The number of ether oxygens (including phenoxy) is 2. The first-order valence-corrected chi connectivity index (χ1v) is 17.0. The smallest absolute Gasteiger partial charge is 0.411 e. The van der Waals surface area contributed by atoms with E-state index < -0.39 is 62.1 Å². The largest absolute Gasteiger partial charge is 0.444 e. The number of hydrogen-bond acceptors (Lipinski definition) is 8. The van der Waals surface area contributed by atoms with E-state index >= 15 is 0 Å². The van der Waals surface area contributed by atoms with E-state index in [0.717, 1.165) is 24.0 Å². The number of amides is 4. The summed E-state index contributed by atoms with van der Waals surface area (Å²) in [4.78, 5) is 56.5. The molecular weight excluding hydrogens is 612 g/mol. The highest BCUT2D eigenvalue weighted by molar-refractivity contribution is 7.91. The third-order valence-electron chi connectivity index (χ3n) is 9.43. The number of halogens is 1. The number of fused-ring (bicyclic) bond motifs is 1.